The van der Waals surface area contributed by atoms with Gasteiger partial charge in [-0.1, -0.05) is 11.3 Å². The summed E-state index contributed by atoms with van der Waals surface area (Å²) in [5.74, 6) is -0.273. The molecule has 0 radical (unpaired) electrons. The van der Waals surface area contributed by atoms with Gasteiger partial charge in [0.1, 0.15) is 0 Å². The molecule has 0 spiro atoms. The van der Waals surface area contributed by atoms with Crippen LogP contribution in [0.15, 0.2) is 3.92 Å². The summed E-state index contributed by atoms with van der Waals surface area (Å²) < 4.78 is 0.763. The third-order valence-corrected chi connectivity index (χ3v) is 3.90. The topological polar surface area (TPSA) is 72.1 Å². The zero-order valence-electron chi connectivity index (χ0n) is 8.02. The fraction of sp³-hybridized carbons (Fsp3) is 0.625. The number of amides is 1. The Kier molecular flexibility index (Phi) is 3.20. The molecule has 1 fully saturated rings. The molecule has 2 N–H and O–H groups in total. The largest absolute Gasteiger partial charge is 0.369 e. The molecular weight excluding hydrogens is 280 g/mol. The number of carbonyl (C=O) groups excluding carboxylic acids is 1. The van der Waals surface area contributed by atoms with Gasteiger partial charge >= 0.3 is 0 Å². The Labute approximate surface area is 99.8 Å². The molecule has 1 aliphatic heterocycles. The third kappa shape index (κ3) is 2.46. The second-order valence-electron chi connectivity index (χ2n) is 3.53. The van der Waals surface area contributed by atoms with Gasteiger partial charge in [0.15, 0.2) is 3.92 Å². The van der Waals surface area contributed by atoms with E-state index in [1.54, 1.807) is 0 Å². The number of halogens is 1. The summed E-state index contributed by atoms with van der Waals surface area (Å²) in [7, 11) is 0. The second kappa shape index (κ2) is 4.44. The van der Waals surface area contributed by atoms with Gasteiger partial charge in [-0.15, -0.1) is 10.2 Å². The van der Waals surface area contributed by atoms with Crippen LogP contribution < -0.4 is 10.6 Å². The number of hydrogen-bond donors (Lipinski definition) is 1. The first-order valence-corrected chi connectivity index (χ1v) is 6.31. The van der Waals surface area contributed by atoms with Crippen molar-refractivity contribution in [1.82, 2.24) is 10.2 Å². The quantitative estimate of drug-likeness (QED) is 0.882. The lowest BCUT2D eigenvalue weighted by Gasteiger charge is -2.30. The summed E-state index contributed by atoms with van der Waals surface area (Å²) in [5.41, 5.74) is 5.31. The number of primary amides is 1. The van der Waals surface area contributed by atoms with Crippen molar-refractivity contribution in [3.05, 3.63) is 3.92 Å². The van der Waals surface area contributed by atoms with Crippen LogP contribution in [0.4, 0.5) is 5.13 Å². The maximum absolute atomic E-state index is 11.1. The highest BCUT2D eigenvalue weighted by atomic mass is 79.9. The monoisotopic (exact) mass is 290 g/mol. The Morgan fingerprint density at radius 2 is 2.40 bits per heavy atom. The minimum Gasteiger partial charge on any atom is -0.369 e. The molecule has 1 atom stereocenters. The zero-order valence-corrected chi connectivity index (χ0v) is 10.4. The smallest absolute Gasteiger partial charge is 0.222 e. The third-order valence-electron chi connectivity index (χ3n) is 2.48. The Balaban J connectivity index is 2.07. The lowest BCUT2D eigenvalue weighted by Crippen LogP contribution is -2.41. The standard InChI is InChI=1S/C8H11BrN4OS/c9-7-11-12-8(15-7)13-3-1-2-5(4-13)6(10)14/h5H,1-4H2,(H2,10,14). The van der Waals surface area contributed by atoms with Crippen molar-refractivity contribution < 1.29 is 4.79 Å². The average molecular weight is 291 g/mol. The second-order valence-corrected chi connectivity index (χ2v) is 5.76. The van der Waals surface area contributed by atoms with Crippen LogP contribution in [0.25, 0.3) is 0 Å². The van der Waals surface area contributed by atoms with Crippen LogP contribution in [0.5, 0.6) is 0 Å². The number of anilines is 1. The molecule has 2 heterocycles. The van der Waals surface area contributed by atoms with E-state index in [1.807, 2.05) is 0 Å². The molecule has 0 aliphatic carbocycles. The Hall–Kier alpha value is -0.690. The van der Waals surface area contributed by atoms with E-state index in [0.717, 1.165) is 28.4 Å². The number of piperidine rings is 1. The van der Waals surface area contributed by atoms with Gasteiger partial charge in [-0.2, -0.15) is 0 Å². The van der Waals surface area contributed by atoms with Crippen LogP contribution in [0.1, 0.15) is 12.8 Å². The molecule has 7 heteroatoms. The van der Waals surface area contributed by atoms with Crippen LogP contribution in [0.2, 0.25) is 0 Å². The number of carbonyl (C=O) groups is 1. The van der Waals surface area contributed by atoms with E-state index < -0.39 is 0 Å². The van der Waals surface area contributed by atoms with Crippen LogP contribution >= 0.6 is 27.3 Å². The van der Waals surface area contributed by atoms with Crippen LogP contribution in [-0.2, 0) is 4.79 Å². The van der Waals surface area contributed by atoms with E-state index in [9.17, 15) is 4.79 Å². The number of hydrogen-bond acceptors (Lipinski definition) is 5. The van der Waals surface area contributed by atoms with Crippen molar-refractivity contribution in [2.75, 3.05) is 18.0 Å². The van der Waals surface area contributed by atoms with E-state index in [4.69, 9.17) is 5.73 Å². The summed E-state index contributed by atoms with van der Waals surface area (Å²) in [4.78, 5) is 13.2. The molecule has 1 unspecified atom stereocenters. The van der Waals surface area contributed by atoms with E-state index in [1.165, 1.54) is 11.3 Å². The summed E-state index contributed by atoms with van der Waals surface area (Å²) in [6.07, 6.45) is 1.86. The predicted molar refractivity (Wildman–Crippen MR) is 61.7 cm³/mol. The zero-order chi connectivity index (χ0) is 10.8. The van der Waals surface area contributed by atoms with Crippen LogP contribution in [0.3, 0.4) is 0 Å². The van der Waals surface area contributed by atoms with Gasteiger partial charge in [-0.25, -0.2) is 0 Å². The van der Waals surface area contributed by atoms with E-state index >= 15 is 0 Å². The molecule has 2 rings (SSSR count). The first kappa shape index (κ1) is 10.8. The van der Waals surface area contributed by atoms with Crippen molar-refractivity contribution in [2.24, 2.45) is 11.7 Å². The molecule has 1 saturated heterocycles. The molecule has 0 aromatic carbocycles. The maximum Gasteiger partial charge on any atom is 0.222 e. The summed E-state index contributed by atoms with van der Waals surface area (Å²) in [5, 5.41) is 8.77. The Bertz CT molecular complexity index is 369. The van der Waals surface area contributed by atoms with Crippen LogP contribution in [0, 0.1) is 5.92 Å². The number of aromatic nitrogens is 2. The van der Waals surface area contributed by atoms with Gasteiger partial charge in [0.25, 0.3) is 0 Å². The van der Waals surface area contributed by atoms with Crippen molar-refractivity contribution in [3.8, 4) is 0 Å². The molecule has 1 aromatic rings. The van der Waals surface area contributed by atoms with Gasteiger partial charge in [-0.3, -0.25) is 4.79 Å². The van der Waals surface area contributed by atoms with Crippen molar-refractivity contribution in [1.29, 1.82) is 0 Å². The number of nitrogens with zero attached hydrogens (tertiary/aromatic N) is 3. The van der Waals surface area contributed by atoms with Gasteiger partial charge < -0.3 is 10.6 Å². The molecule has 0 bridgehead atoms. The summed E-state index contributed by atoms with van der Waals surface area (Å²) in [6.45, 7) is 1.59. The SMILES string of the molecule is NC(=O)C1CCCN(c2nnc(Br)s2)C1. The lowest BCUT2D eigenvalue weighted by atomic mass is 9.98. The van der Waals surface area contributed by atoms with Crippen molar-refractivity contribution >= 4 is 38.3 Å². The number of nitrogens with two attached hydrogens (primary N) is 1. The Morgan fingerprint density at radius 1 is 1.60 bits per heavy atom. The molecule has 0 saturated carbocycles. The van der Waals surface area contributed by atoms with E-state index in [0.29, 0.717) is 6.54 Å². The molecule has 1 aromatic heterocycles. The molecule has 1 amide bonds. The van der Waals surface area contributed by atoms with Crippen LogP contribution in [-0.4, -0.2) is 29.2 Å². The van der Waals surface area contributed by atoms with Gasteiger partial charge in [0.2, 0.25) is 11.0 Å². The molecule has 5 nitrogen and oxygen atoms in total. The molecular formula is C8H11BrN4OS. The van der Waals surface area contributed by atoms with Gasteiger partial charge in [0.05, 0.1) is 5.92 Å². The normalized spacial score (nSPS) is 21.7. The maximum atomic E-state index is 11.1. The van der Waals surface area contributed by atoms with Gasteiger partial charge in [0, 0.05) is 13.1 Å². The van der Waals surface area contributed by atoms with E-state index in [-0.39, 0.29) is 11.8 Å². The molecule has 15 heavy (non-hydrogen) atoms. The number of rotatable bonds is 2. The first-order chi connectivity index (χ1) is 7.16. The van der Waals surface area contributed by atoms with Gasteiger partial charge in [-0.05, 0) is 28.8 Å². The Morgan fingerprint density at radius 3 is 3.00 bits per heavy atom. The first-order valence-electron chi connectivity index (χ1n) is 4.70. The van der Waals surface area contributed by atoms with E-state index in [2.05, 4.69) is 31.0 Å². The highest BCUT2D eigenvalue weighted by molar-refractivity contribution is 9.11. The fourth-order valence-electron chi connectivity index (χ4n) is 1.71. The highest BCUT2D eigenvalue weighted by Crippen LogP contribution is 2.28. The summed E-state index contributed by atoms with van der Waals surface area (Å²) in [6, 6.07) is 0. The molecule has 82 valence electrons. The fourth-order valence-corrected chi connectivity index (χ4v) is 2.83. The molecule has 1 aliphatic rings. The minimum atomic E-state index is -0.219. The predicted octanol–water partition coefficient (Wildman–Crippen LogP) is 1.00. The highest BCUT2D eigenvalue weighted by Gasteiger charge is 2.25. The minimum absolute atomic E-state index is 0.0542. The lowest BCUT2D eigenvalue weighted by molar-refractivity contribution is -0.122. The summed E-state index contributed by atoms with van der Waals surface area (Å²) >= 11 is 4.75. The average Bonchev–Trinajstić information content (AvgIpc) is 2.65. The van der Waals surface area contributed by atoms with Crippen molar-refractivity contribution in [2.45, 2.75) is 12.8 Å². The van der Waals surface area contributed by atoms with Crippen molar-refractivity contribution in [3.63, 3.8) is 0 Å².